The fraction of sp³-hybridized carbons (Fsp3) is 0.200. The summed E-state index contributed by atoms with van der Waals surface area (Å²) < 4.78 is 5.41. The second kappa shape index (κ2) is 6.34. The van der Waals surface area contributed by atoms with Gasteiger partial charge in [-0.05, 0) is 98.4 Å². The molecule has 3 heteroatoms. The lowest BCUT2D eigenvalue weighted by molar-refractivity contribution is 0.414. The van der Waals surface area contributed by atoms with Gasteiger partial charge >= 0.3 is 0 Å². The molecule has 0 saturated heterocycles. The summed E-state index contributed by atoms with van der Waals surface area (Å²) in [6, 6.07) is 11.0. The van der Waals surface area contributed by atoms with Crippen molar-refractivity contribution < 1.29 is 4.74 Å². The van der Waals surface area contributed by atoms with Gasteiger partial charge in [-0.25, -0.2) is 0 Å². The SMILES string of the molecule is COc1ccc2c(c1)CCCC2=C(c1ccsc1)c1ccsc1. The summed E-state index contributed by atoms with van der Waals surface area (Å²) in [6.45, 7) is 0. The molecule has 116 valence electrons. The highest BCUT2D eigenvalue weighted by Crippen LogP contribution is 2.41. The number of hydrogen-bond acceptors (Lipinski definition) is 3. The van der Waals surface area contributed by atoms with Gasteiger partial charge in [-0.15, -0.1) is 0 Å². The Labute approximate surface area is 144 Å². The molecule has 0 radical (unpaired) electrons. The van der Waals surface area contributed by atoms with Crippen LogP contribution in [0.4, 0.5) is 0 Å². The van der Waals surface area contributed by atoms with Crippen molar-refractivity contribution in [1.29, 1.82) is 0 Å². The standard InChI is InChI=1S/C20H18OS2/c1-21-17-5-6-18-14(11-17)3-2-4-19(18)20(15-7-9-22-12-15)16-8-10-23-13-16/h5-13H,2-4H2,1H3. The summed E-state index contributed by atoms with van der Waals surface area (Å²) in [5.74, 6) is 0.956. The molecule has 4 rings (SSSR count). The normalized spacial score (nSPS) is 13.7. The Morgan fingerprint density at radius 1 is 0.957 bits per heavy atom. The van der Waals surface area contributed by atoms with Crippen molar-refractivity contribution in [2.75, 3.05) is 7.11 Å². The first-order chi connectivity index (χ1) is 11.4. The minimum absolute atomic E-state index is 0.956. The molecule has 0 bridgehead atoms. The Morgan fingerprint density at radius 2 is 1.70 bits per heavy atom. The third-order valence-electron chi connectivity index (χ3n) is 4.43. The highest BCUT2D eigenvalue weighted by Gasteiger charge is 2.20. The number of allylic oxidation sites excluding steroid dienone is 1. The first-order valence-electron chi connectivity index (χ1n) is 7.82. The number of hydrogen-bond donors (Lipinski definition) is 0. The first-order valence-corrected chi connectivity index (χ1v) is 9.71. The largest absolute Gasteiger partial charge is 0.497 e. The third kappa shape index (κ3) is 2.75. The van der Waals surface area contributed by atoms with E-state index in [-0.39, 0.29) is 0 Å². The summed E-state index contributed by atoms with van der Waals surface area (Å²) in [5, 5.41) is 8.86. The molecular formula is C20H18OS2. The molecule has 0 amide bonds. The number of thiophene rings is 2. The Kier molecular flexibility index (Phi) is 4.06. The van der Waals surface area contributed by atoms with Gasteiger partial charge < -0.3 is 4.74 Å². The Morgan fingerprint density at radius 3 is 2.30 bits per heavy atom. The van der Waals surface area contributed by atoms with E-state index in [4.69, 9.17) is 4.74 Å². The maximum Gasteiger partial charge on any atom is 0.119 e. The van der Waals surface area contributed by atoms with Crippen LogP contribution in [0.15, 0.2) is 51.9 Å². The number of methoxy groups -OCH3 is 1. The van der Waals surface area contributed by atoms with Gasteiger partial charge in [0.2, 0.25) is 0 Å². The van der Waals surface area contributed by atoms with Crippen LogP contribution in [0.5, 0.6) is 5.75 Å². The molecule has 1 aliphatic carbocycles. The molecule has 1 nitrogen and oxygen atoms in total. The molecule has 0 spiro atoms. The van der Waals surface area contributed by atoms with E-state index in [1.54, 1.807) is 29.8 Å². The Hall–Kier alpha value is -1.84. The van der Waals surface area contributed by atoms with Crippen molar-refractivity contribution >= 4 is 33.8 Å². The maximum atomic E-state index is 5.41. The average molecular weight is 338 g/mol. The maximum absolute atomic E-state index is 5.41. The Bertz CT molecular complexity index is 790. The van der Waals surface area contributed by atoms with E-state index in [0.717, 1.165) is 18.6 Å². The fourth-order valence-corrected chi connectivity index (χ4v) is 4.67. The van der Waals surface area contributed by atoms with Gasteiger partial charge in [0.15, 0.2) is 0 Å². The number of fused-ring (bicyclic) bond motifs is 1. The number of rotatable bonds is 3. The smallest absolute Gasteiger partial charge is 0.119 e. The van der Waals surface area contributed by atoms with Crippen molar-refractivity contribution in [3.05, 3.63) is 74.1 Å². The first kappa shape index (κ1) is 14.7. The molecule has 2 aromatic heterocycles. The number of benzene rings is 1. The summed E-state index contributed by atoms with van der Waals surface area (Å²) in [7, 11) is 1.74. The van der Waals surface area contributed by atoms with Crippen LogP contribution in [0, 0.1) is 0 Å². The molecule has 1 aliphatic rings. The van der Waals surface area contributed by atoms with Gasteiger partial charge in [-0.2, -0.15) is 22.7 Å². The molecule has 0 unspecified atom stereocenters. The van der Waals surface area contributed by atoms with E-state index in [1.807, 2.05) is 0 Å². The molecule has 1 aromatic carbocycles. The van der Waals surface area contributed by atoms with Crippen LogP contribution in [0.2, 0.25) is 0 Å². The van der Waals surface area contributed by atoms with Crippen LogP contribution in [0.25, 0.3) is 11.1 Å². The van der Waals surface area contributed by atoms with Gasteiger partial charge in [0.25, 0.3) is 0 Å². The van der Waals surface area contributed by atoms with Gasteiger partial charge in [-0.3, -0.25) is 0 Å². The highest BCUT2D eigenvalue weighted by atomic mass is 32.1. The van der Waals surface area contributed by atoms with Crippen LogP contribution in [-0.4, -0.2) is 7.11 Å². The Balaban J connectivity index is 1.95. The predicted octanol–water partition coefficient (Wildman–Crippen LogP) is 6.11. The van der Waals surface area contributed by atoms with Crippen LogP contribution in [0.3, 0.4) is 0 Å². The van der Waals surface area contributed by atoms with Crippen molar-refractivity contribution in [3.63, 3.8) is 0 Å². The van der Waals surface area contributed by atoms with Gasteiger partial charge in [-0.1, -0.05) is 6.07 Å². The van der Waals surface area contributed by atoms with E-state index < -0.39 is 0 Å². The van der Waals surface area contributed by atoms with Crippen molar-refractivity contribution in [3.8, 4) is 5.75 Å². The van der Waals surface area contributed by atoms with Crippen LogP contribution < -0.4 is 4.74 Å². The van der Waals surface area contributed by atoms with Crippen molar-refractivity contribution in [1.82, 2.24) is 0 Å². The second-order valence-electron chi connectivity index (χ2n) is 5.75. The zero-order valence-corrected chi connectivity index (χ0v) is 14.7. The van der Waals surface area contributed by atoms with Crippen LogP contribution in [0.1, 0.15) is 35.1 Å². The highest BCUT2D eigenvalue weighted by molar-refractivity contribution is 7.08. The van der Waals surface area contributed by atoms with E-state index in [9.17, 15) is 0 Å². The fourth-order valence-electron chi connectivity index (χ4n) is 3.38. The second-order valence-corrected chi connectivity index (χ2v) is 7.31. The van der Waals surface area contributed by atoms with E-state index in [2.05, 4.69) is 51.9 Å². The summed E-state index contributed by atoms with van der Waals surface area (Å²) in [4.78, 5) is 0. The molecule has 3 aromatic rings. The zero-order chi connectivity index (χ0) is 15.6. The van der Waals surface area contributed by atoms with Gasteiger partial charge in [0.1, 0.15) is 5.75 Å². The van der Waals surface area contributed by atoms with Gasteiger partial charge in [0, 0.05) is 0 Å². The lowest BCUT2D eigenvalue weighted by Crippen LogP contribution is -2.05. The monoisotopic (exact) mass is 338 g/mol. The lowest BCUT2D eigenvalue weighted by Gasteiger charge is -2.23. The molecule has 0 aliphatic heterocycles. The van der Waals surface area contributed by atoms with E-state index >= 15 is 0 Å². The van der Waals surface area contributed by atoms with E-state index in [0.29, 0.717) is 0 Å². The minimum Gasteiger partial charge on any atom is -0.497 e. The topological polar surface area (TPSA) is 9.23 Å². The third-order valence-corrected chi connectivity index (χ3v) is 5.80. The molecule has 23 heavy (non-hydrogen) atoms. The van der Waals surface area contributed by atoms with E-state index in [1.165, 1.54) is 39.8 Å². The quantitative estimate of drug-likeness (QED) is 0.559. The average Bonchev–Trinajstić information content (AvgIpc) is 3.29. The molecule has 0 N–H and O–H groups in total. The molecule has 0 atom stereocenters. The minimum atomic E-state index is 0.956. The zero-order valence-electron chi connectivity index (χ0n) is 13.0. The summed E-state index contributed by atoms with van der Waals surface area (Å²) in [6.07, 6.45) is 3.48. The molecular weight excluding hydrogens is 320 g/mol. The van der Waals surface area contributed by atoms with Crippen molar-refractivity contribution in [2.45, 2.75) is 19.3 Å². The predicted molar refractivity (Wildman–Crippen MR) is 100 cm³/mol. The molecule has 2 heterocycles. The van der Waals surface area contributed by atoms with Crippen molar-refractivity contribution in [2.24, 2.45) is 0 Å². The molecule has 0 fully saturated rings. The summed E-state index contributed by atoms with van der Waals surface area (Å²) in [5.41, 5.74) is 8.36. The number of aryl methyl sites for hydroxylation is 1. The molecule has 0 saturated carbocycles. The van der Waals surface area contributed by atoms with Crippen LogP contribution >= 0.6 is 22.7 Å². The number of ether oxygens (including phenoxy) is 1. The van der Waals surface area contributed by atoms with Gasteiger partial charge in [0.05, 0.1) is 7.11 Å². The summed E-state index contributed by atoms with van der Waals surface area (Å²) >= 11 is 3.53. The van der Waals surface area contributed by atoms with Crippen LogP contribution in [-0.2, 0) is 6.42 Å². The lowest BCUT2D eigenvalue weighted by atomic mass is 9.82.